The standard InChI is InChI=1S/C20H24N2O/c1-14-4-8-18(9-5-14)20(2,3)19(23)22-11-15-6-7-16-12-21-13-17(16)10-15/h4-10,21H,11-13H2,1-3H3,(H,22,23). The molecule has 0 aliphatic carbocycles. The van der Waals surface area contributed by atoms with Gasteiger partial charge in [0, 0.05) is 19.6 Å². The lowest BCUT2D eigenvalue weighted by Crippen LogP contribution is -2.39. The molecule has 3 heteroatoms. The maximum Gasteiger partial charge on any atom is 0.230 e. The summed E-state index contributed by atoms with van der Waals surface area (Å²) in [6.45, 7) is 8.44. The highest BCUT2D eigenvalue weighted by Crippen LogP contribution is 2.24. The summed E-state index contributed by atoms with van der Waals surface area (Å²) in [6, 6.07) is 14.6. The SMILES string of the molecule is Cc1ccc(C(C)(C)C(=O)NCc2ccc3c(c2)CNC3)cc1. The maximum absolute atomic E-state index is 12.6. The molecule has 0 unspecified atom stereocenters. The van der Waals surface area contributed by atoms with Gasteiger partial charge < -0.3 is 10.6 Å². The number of nitrogens with one attached hydrogen (secondary N) is 2. The van der Waals surface area contributed by atoms with Gasteiger partial charge in [0.15, 0.2) is 0 Å². The molecule has 0 aromatic heterocycles. The molecule has 1 amide bonds. The van der Waals surface area contributed by atoms with Crippen LogP contribution in [0.3, 0.4) is 0 Å². The first-order valence-corrected chi connectivity index (χ1v) is 8.13. The molecule has 2 aromatic rings. The Balaban J connectivity index is 1.67. The summed E-state index contributed by atoms with van der Waals surface area (Å²) in [4.78, 5) is 12.6. The van der Waals surface area contributed by atoms with Crippen molar-refractivity contribution in [2.24, 2.45) is 0 Å². The van der Waals surface area contributed by atoms with E-state index in [-0.39, 0.29) is 5.91 Å². The van der Waals surface area contributed by atoms with E-state index >= 15 is 0 Å². The zero-order valence-electron chi connectivity index (χ0n) is 14.1. The van der Waals surface area contributed by atoms with Crippen LogP contribution < -0.4 is 10.6 Å². The molecule has 0 spiro atoms. The molecular weight excluding hydrogens is 284 g/mol. The Hall–Kier alpha value is -2.13. The van der Waals surface area contributed by atoms with Gasteiger partial charge in [0.1, 0.15) is 0 Å². The molecule has 3 rings (SSSR count). The highest BCUT2D eigenvalue weighted by molar-refractivity contribution is 5.87. The zero-order chi connectivity index (χ0) is 16.4. The Bertz CT molecular complexity index is 717. The van der Waals surface area contributed by atoms with Gasteiger partial charge in [-0.05, 0) is 43.0 Å². The second-order valence-electron chi connectivity index (χ2n) is 6.88. The molecule has 2 N–H and O–H groups in total. The number of hydrogen-bond donors (Lipinski definition) is 2. The van der Waals surface area contributed by atoms with Crippen molar-refractivity contribution in [3.8, 4) is 0 Å². The molecule has 3 nitrogen and oxygen atoms in total. The number of aryl methyl sites for hydroxylation is 1. The van der Waals surface area contributed by atoms with Crippen LogP contribution in [0.1, 0.15) is 41.7 Å². The van der Waals surface area contributed by atoms with Gasteiger partial charge in [0.25, 0.3) is 0 Å². The number of carbonyl (C=O) groups is 1. The molecule has 1 aliphatic heterocycles. The first kappa shape index (κ1) is 15.8. The summed E-state index contributed by atoms with van der Waals surface area (Å²) >= 11 is 0. The topological polar surface area (TPSA) is 41.1 Å². The summed E-state index contributed by atoms with van der Waals surface area (Å²) in [5, 5.41) is 6.43. The van der Waals surface area contributed by atoms with Crippen LogP contribution in [0.5, 0.6) is 0 Å². The number of rotatable bonds is 4. The average Bonchev–Trinajstić information content (AvgIpc) is 3.00. The van der Waals surface area contributed by atoms with E-state index in [0.29, 0.717) is 6.54 Å². The average molecular weight is 308 g/mol. The summed E-state index contributed by atoms with van der Waals surface area (Å²) in [5.74, 6) is 0.0555. The quantitative estimate of drug-likeness (QED) is 0.911. The van der Waals surface area contributed by atoms with Gasteiger partial charge in [-0.1, -0.05) is 48.0 Å². The van der Waals surface area contributed by atoms with E-state index in [9.17, 15) is 4.79 Å². The number of fused-ring (bicyclic) bond motifs is 1. The molecule has 0 saturated carbocycles. The van der Waals surface area contributed by atoms with E-state index < -0.39 is 5.41 Å². The molecule has 0 fully saturated rings. The van der Waals surface area contributed by atoms with E-state index in [2.05, 4.69) is 47.9 Å². The number of hydrogen-bond acceptors (Lipinski definition) is 2. The molecular formula is C20H24N2O. The second-order valence-corrected chi connectivity index (χ2v) is 6.88. The molecule has 0 atom stereocenters. The van der Waals surface area contributed by atoms with Crippen molar-refractivity contribution in [1.82, 2.24) is 10.6 Å². The third-order valence-electron chi connectivity index (χ3n) is 4.70. The number of benzene rings is 2. The molecule has 0 radical (unpaired) electrons. The van der Waals surface area contributed by atoms with Gasteiger partial charge in [-0.3, -0.25) is 4.79 Å². The largest absolute Gasteiger partial charge is 0.351 e. The van der Waals surface area contributed by atoms with Crippen molar-refractivity contribution < 1.29 is 4.79 Å². The maximum atomic E-state index is 12.6. The highest BCUT2D eigenvalue weighted by Gasteiger charge is 2.29. The van der Waals surface area contributed by atoms with E-state index in [1.54, 1.807) is 0 Å². The zero-order valence-corrected chi connectivity index (χ0v) is 14.1. The Kier molecular flexibility index (Phi) is 4.22. The van der Waals surface area contributed by atoms with E-state index in [4.69, 9.17) is 0 Å². The summed E-state index contributed by atoms with van der Waals surface area (Å²) in [5.41, 5.74) is 5.57. The predicted molar refractivity (Wildman–Crippen MR) is 93.0 cm³/mol. The van der Waals surface area contributed by atoms with E-state index in [1.807, 2.05) is 26.0 Å². The second kappa shape index (κ2) is 6.17. The Morgan fingerprint density at radius 1 is 1.09 bits per heavy atom. The fraction of sp³-hybridized carbons (Fsp3) is 0.350. The fourth-order valence-corrected chi connectivity index (χ4v) is 2.96. The summed E-state index contributed by atoms with van der Waals surface area (Å²) in [7, 11) is 0. The summed E-state index contributed by atoms with van der Waals surface area (Å²) < 4.78 is 0. The lowest BCUT2D eigenvalue weighted by Gasteiger charge is -2.24. The van der Waals surface area contributed by atoms with E-state index in [1.165, 1.54) is 16.7 Å². The molecule has 120 valence electrons. The van der Waals surface area contributed by atoms with Gasteiger partial charge in [-0.25, -0.2) is 0 Å². The molecule has 0 bridgehead atoms. The van der Waals surface area contributed by atoms with Crippen LogP contribution in [0.15, 0.2) is 42.5 Å². The smallest absolute Gasteiger partial charge is 0.230 e. The van der Waals surface area contributed by atoms with E-state index in [0.717, 1.165) is 24.2 Å². The van der Waals surface area contributed by atoms with Crippen molar-refractivity contribution in [3.05, 3.63) is 70.3 Å². The van der Waals surface area contributed by atoms with Gasteiger partial charge >= 0.3 is 0 Å². The van der Waals surface area contributed by atoms with Gasteiger partial charge in [-0.2, -0.15) is 0 Å². The van der Waals surface area contributed by atoms with Crippen LogP contribution in [0.2, 0.25) is 0 Å². The minimum Gasteiger partial charge on any atom is -0.351 e. The van der Waals surface area contributed by atoms with Crippen LogP contribution in [0.25, 0.3) is 0 Å². The first-order chi connectivity index (χ1) is 11.0. The van der Waals surface area contributed by atoms with Crippen LogP contribution >= 0.6 is 0 Å². The van der Waals surface area contributed by atoms with Crippen LogP contribution in [-0.2, 0) is 29.8 Å². The first-order valence-electron chi connectivity index (χ1n) is 8.13. The number of amides is 1. The van der Waals surface area contributed by atoms with Crippen molar-refractivity contribution in [2.45, 2.75) is 45.8 Å². The van der Waals surface area contributed by atoms with Crippen molar-refractivity contribution in [2.75, 3.05) is 0 Å². The normalized spacial score (nSPS) is 13.7. The molecule has 23 heavy (non-hydrogen) atoms. The molecule has 2 aromatic carbocycles. The third-order valence-corrected chi connectivity index (χ3v) is 4.70. The van der Waals surface area contributed by atoms with Crippen LogP contribution in [0.4, 0.5) is 0 Å². The summed E-state index contributed by atoms with van der Waals surface area (Å²) in [6.07, 6.45) is 0. The Morgan fingerprint density at radius 2 is 1.78 bits per heavy atom. The molecule has 0 saturated heterocycles. The van der Waals surface area contributed by atoms with Gasteiger partial charge in [-0.15, -0.1) is 0 Å². The van der Waals surface area contributed by atoms with Crippen molar-refractivity contribution in [1.29, 1.82) is 0 Å². The predicted octanol–water partition coefficient (Wildman–Crippen LogP) is 3.19. The van der Waals surface area contributed by atoms with Crippen molar-refractivity contribution in [3.63, 3.8) is 0 Å². The Morgan fingerprint density at radius 3 is 2.52 bits per heavy atom. The lowest BCUT2D eigenvalue weighted by molar-refractivity contribution is -0.125. The highest BCUT2D eigenvalue weighted by atomic mass is 16.2. The van der Waals surface area contributed by atoms with Gasteiger partial charge in [0.2, 0.25) is 5.91 Å². The van der Waals surface area contributed by atoms with Crippen LogP contribution in [0, 0.1) is 6.92 Å². The van der Waals surface area contributed by atoms with Crippen molar-refractivity contribution >= 4 is 5.91 Å². The minimum atomic E-state index is -0.536. The van der Waals surface area contributed by atoms with Crippen LogP contribution in [-0.4, -0.2) is 5.91 Å². The minimum absolute atomic E-state index is 0.0555. The molecule has 1 heterocycles. The fourth-order valence-electron chi connectivity index (χ4n) is 2.96. The number of carbonyl (C=O) groups excluding carboxylic acids is 1. The lowest BCUT2D eigenvalue weighted by atomic mass is 9.83. The third kappa shape index (κ3) is 3.30. The molecule has 1 aliphatic rings. The van der Waals surface area contributed by atoms with Gasteiger partial charge in [0.05, 0.1) is 5.41 Å². The Labute approximate surface area is 138 Å². The monoisotopic (exact) mass is 308 g/mol.